The predicted octanol–water partition coefficient (Wildman–Crippen LogP) is 6.33. The third-order valence-electron chi connectivity index (χ3n) is 3.99. The molecular weight excluding hydrogens is 337 g/mol. The van der Waals surface area contributed by atoms with Gasteiger partial charge in [-0.3, -0.25) is 4.79 Å². The van der Waals surface area contributed by atoms with Gasteiger partial charge in [-0.1, -0.05) is 96.8 Å². The van der Waals surface area contributed by atoms with Crippen molar-refractivity contribution < 1.29 is 42.6 Å². The average molecular weight is 373 g/mol. The van der Waals surface area contributed by atoms with Crippen molar-refractivity contribution in [2.75, 3.05) is 0 Å². The molecule has 0 unspecified atom stereocenters. The molecule has 1 radical (unpaired) electrons. The van der Waals surface area contributed by atoms with Crippen LogP contribution in [-0.2, 0) is 37.5 Å². The molecule has 0 aromatic carbocycles. The molecule has 0 saturated heterocycles. The number of unbranched alkanes of at least 4 members (excludes halogenated alkanes) is 14. The van der Waals surface area contributed by atoms with Gasteiger partial charge in [0.2, 0.25) is 0 Å². The minimum atomic E-state index is -0.653. The zero-order valence-corrected chi connectivity index (χ0v) is 17.1. The van der Waals surface area contributed by atoms with Gasteiger partial charge in [-0.15, -0.1) is 0 Å². The maximum Gasteiger partial charge on any atom is 0.303 e. The van der Waals surface area contributed by atoms with Gasteiger partial charge < -0.3 is 5.11 Å². The molecule has 0 aromatic rings. The van der Waals surface area contributed by atoms with Crippen LogP contribution in [0.1, 0.15) is 110 Å². The van der Waals surface area contributed by atoms with Crippen molar-refractivity contribution in [3.05, 3.63) is 0 Å². The first kappa shape index (κ1) is 23.8. The van der Waals surface area contributed by atoms with Crippen molar-refractivity contribution in [1.29, 1.82) is 0 Å². The molecule has 2 nitrogen and oxygen atoms in total. The van der Waals surface area contributed by atoms with Crippen LogP contribution in [0.2, 0.25) is 0 Å². The molecule has 0 rings (SSSR count). The van der Waals surface area contributed by atoms with Crippen molar-refractivity contribution in [2.24, 2.45) is 0 Å². The summed E-state index contributed by atoms with van der Waals surface area (Å²) in [6.07, 6.45) is 20.2. The number of hydrogen-bond donors (Lipinski definition) is 1. The van der Waals surface area contributed by atoms with Crippen molar-refractivity contribution in [3.63, 3.8) is 0 Å². The molecular formula is C18H36O2Y. The SMILES string of the molecule is CCCCCCCCCCCCCCCCCC(=O)O.[Y]. The molecule has 123 valence electrons. The number of carbonyl (C=O) groups is 1. The van der Waals surface area contributed by atoms with Gasteiger partial charge in [-0.25, -0.2) is 0 Å². The number of carboxylic acid groups (broad SMARTS) is 1. The Morgan fingerprint density at radius 2 is 0.905 bits per heavy atom. The van der Waals surface area contributed by atoms with Crippen LogP contribution in [0.25, 0.3) is 0 Å². The summed E-state index contributed by atoms with van der Waals surface area (Å²) in [6, 6.07) is 0. The Balaban J connectivity index is 0. The molecule has 0 atom stereocenters. The van der Waals surface area contributed by atoms with Crippen LogP contribution < -0.4 is 0 Å². The number of hydrogen-bond acceptors (Lipinski definition) is 1. The second-order valence-corrected chi connectivity index (χ2v) is 6.09. The molecule has 3 heteroatoms. The van der Waals surface area contributed by atoms with E-state index in [1.807, 2.05) is 0 Å². The van der Waals surface area contributed by atoms with E-state index in [1.165, 1.54) is 83.5 Å². The van der Waals surface area contributed by atoms with Crippen LogP contribution in [-0.4, -0.2) is 11.1 Å². The van der Waals surface area contributed by atoms with Crippen molar-refractivity contribution in [2.45, 2.75) is 110 Å². The minimum Gasteiger partial charge on any atom is -0.481 e. The number of aliphatic carboxylic acids is 1. The number of carboxylic acids is 1. The summed E-state index contributed by atoms with van der Waals surface area (Å²) in [7, 11) is 0. The Bertz CT molecular complexity index is 207. The first-order valence-corrected chi connectivity index (χ1v) is 8.99. The van der Waals surface area contributed by atoms with Crippen molar-refractivity contribution in [3.8, 4) is 0 Å². The van der Waals surface area contributed by atoms with Crippen molar-refractivity contribution in [1.82, 2.24) is 0 Å². The standard InChI is InChI=1S/C18H36O2.Y/c1-2-3-4-5-6-7-8-9-10-11-12-13-14-15-16-17-18(19)20;/h2-17H2,1H3,(H,19,20);. The van der Waals surface area contributed by atoms with Gasteiger partial charge in [0.25, 0.3) is 0 Å². The Morgan fingerprint density at radius 3 is 1.19 bits per heavy atom. The first-order valence-electron chi connectivity index (χ1n) is 8.99. The number of rotatable bonds is 16. The Kier molecular flexibility index (Phi) is 23.4. The second kappa shape index (κ2) is 20.6. The molecule has 0 bridgehead atoms. The Hall–Kier alpha value is 0.574. The van der Waals surface area contributed by atoms with Crippen molar-refractivity contribution >= 4 is 5.97 Å². The largest absolute Gasteiger partial charge is 0.481 e. The fourth-order valence-electron chi connectivity index (χ4n) is 2.65. The van der Waals surface area contributed by atoms with Gasteiger partial charge in [0, 0.05) is 39.1 Å². The van der Waals surface area contributed by atoms with Crippen LogP contribution in [0, 0.1) is 0 Å². The average Bonchev–Trinajstić information content (AvgIpc) is 2.43. The maximum atomic E-state index is 10.3. The normalized spacial score (nSPS) is 10.3. The van der Waals surface area contributed by atoms with E-state index in [-0.39, 0.29) is 32.7 Å². The van der Waals surface area contributed by atoms with Crippen LogP contribution in [0.4, 0.5) is 0 Å². The van der Waals surface area contributed by atoms with Gasteiger partial charge in [0.05, 0.1) is 0 Å². The summed E-state index contributed by atoms with van der Waals surface area (Å²) in [5.74, 6) is -0.653. The van der Waals surface area contributed by atoms with E-state index in [0.717, 1.165) is 12.8 Å². The molecule has 0 saturated carbocycles. The molecule has 0 fully saturated rings. The quantitative estimate of drug-likeness (QED) is 0.321. The van der Waals surface area contributed by atoms with E-state index >= 15 is 0 Å². The van der Waals surface area contributed by atoms with Gasteiger partial charge in [-0.05, 0) is 6.42 Å². The van der Waals surface area contributed by atoms with E-state index in [1.54, 1.807) is 0 Å². The smallest absolute Gasteiger partial charge is 0.303 e. The molecule has 21 heavy (non-hydrogen) atoms. The second-order valence-electron chi connectivity index (χ2n) is 6.09. The fourth-order valence-corrected chi connectivity index (χ4v) is 2.65. The maximum absolute atomic E-state index is 10.3. The summed E-state index contributed by atoms with van der Waals surface area (Å²) >= 11 is 0. The van der Waals surface area contributed by atoms with Gasteiger partial charge >= 0.3 is 5.97 Å². The van der Waals surface area contributed by atoms with Gasteiger partial charge in [-0.2, -0.15) is 0 Å². The molecule has 0 heterocycles. The van der Waals surface area contributed by atoms with E-state index in [2.05, 4.69) is 6.92 Å². The predicted molar refractivity (Wildman–Crippen MR) is 87.2 cm³/mol. The summed E-state index contributed by atoms with van der Waals surface area (Å²) in [4.78, 5) is 10.3. The van der Waals surface area contributed by atoms with E-state index < -0.39 is 5.97 Å². The van der Waals surface area contributed by atoms with Crippen LogP contribution in [0.15, 0.2) is 0 Å². The molecule has 1 N–H and O–H groups in total. The van der Waals surface area contributed by atoms with Crippen LogP contribution >= 0.6 is 0 Å². The summed E-state index contributed by atoms with van der Waals surface area (Å²) < 4.78 is 0. The topological polar surface area (TPSA) is 37.3 Å². The van der Waals surface area contributed by atoms with E-state index in [0.29, 0.717) is 6.42 Å². The molecule has 0 aliphatic heterocycles. The minimum absolute atomic E-state index is 0. The van der Waals surface area contributed by atoms with Gasteiger partial charge in [0.15, 0.2) is 0 Å². The van der Waals surface area contributed by atoms with Crippen LogP contribution in [0.5, 0.6) is 0 Å². The summed E-state index contributed by atoms with van der Waals surface area (Å²) in [5.41, 5.74) is 0. The summed E-state index contributed by atoms with van der Waals surface area (Å²) in [5, 5.41) is 8.52. The molecule has 0 amide bonds. The monoisotopic (exact) mass is 373 g/mol. The third-order valence-corrected chi connectivity index (χ3v) is 3.99. The zero-order chi connectivity index (χ0) is 14.9. The Morgan fingerprint density at radius 1 is 0.619 bits per heavy atom. The van der Waals surface area contributed by atoms with E-state index in [4.69, 9.17) is 5.11 Å². The van der Waals surface area contributed by atoms with Crippen LogP contribution in [0.3, 0.4) is 0 Å². The Labute approximate surface area is 157 Å². The molecule has 0 aliphatic rings. The summed E-state index contributed by atoms with van der Waals surface area (Å²) in [6.45, 7) is 2.27. The molecule has 0 aliphatic carbocycles. The van der Waals surface area contributed by atoms with E-state index in [9.17, 15) is 4.79 Å². The molecule has 0 aromatic heterocycles. The van der Waals surface area contributed by atoms with Gasteiger partial charge in [0.1, 0.15) is 0 Å². The third kappa shape index (κ3) is 23.0. The fraction of sp³-hybridized carbons (Fsp3) is 0.944. The zero-order valence-electron chi connectivity index (χ0n) is 14.2. The first-order chi connectivity index (χ1) is 9.77. The molecule has 0 spiro atoms.